The monoisotopic (exact) mass is 318 g/mol. The van der Waals surface area contributed by atoms with Crippen molar-refractivity contribution in [3.63, 3.8) is 0 Å². The lowest BCUT2D eigenvalue weighted by atomic mass is 9.97. The van der Waals surface area contributed by atoms with Crippen LogP contribution in [-0.4, -0.2) is 29.8 Å². The van der Waals surface area contributed by atoms with E-state index < -0.39 is 0 Å². The molecule has 2 aromatic rings. The molecular weight excluding hydrogens is 296 g/mol. The van der Waals surface area contributed by atoms with Crippen LogP contribution in [0.5, 0.6) is 5.88 Å². The van der Waals surface area contributed by atoms with E-state index in [-0.39, 0.29) is 0 Å². The van der Waals surface area contributed by atoms with Crippen molar-refractivity contribution >= 4 is 21.6 Å². The molecule has 0 N–H and O–H groups in total. The molecule has 4 rings (SSSR count). The molecule has 0 saturated heterocycles. The summed E-state index contributed by atoms with van der Waals surface area (Å²) < 4.78 is 11.7. The minimum atomic E-state index is 0.324. The fraction of sp³-hybridized carbons (Fsp3) is 0.647. The van der Waals surface area contributed by atoms with Crippen LogP contribution < -0.4 is 4.74 Å². The minimum Gasteiger partial charge on any atom is -0.474 e. The lowest BCUT2D eigenvalue weighted by molar-refractivity contribution is 0.150. The van der Waals surface area contributed by atoms with E-state index >= 15 is 0 Å². The predicted molar refractivity (Wildman–Crippen MR) is 87.9 cm³/mol. The van der Waals surface area contributed by atoms with Crippen molar-refractivity contribution in [2.45, 2.75) is 57.0 Å². The number of nitrogens with zero attached hydrogens (tertiary/aromatic N) is 2. The van der Waals surface area contributed by atoms with Crippen molar-refractivity contribution in [2.75, 3.05) is 13.7 Å². The molecule has 0 amide bonds. The third-order valence-electron chi connectivity index (χ3n) is 4.89. The Morgan fingerprint density at radius 2 is 2.05 bits per heavy atom. The van der Waals surface area contributed by atoms with Gasteiger partial charge in [0.15, 0.2) is 0 Å². The smallest absolute Gasteiger partial charge is 0.225 e. The van der Waals surface area contributed by atoms with E-state index in [0.29, 0.717) is 12.0 Å². The summed E-state index contributed by atoms with van der Waals surface area (Å²) >= 11 is 1.81. The van der Waals surface area contributed by atoms with Gasteiger partial charge in [-0.3, -0.25) is 0 Å². The summed E-state index contributed by atoms with van der Waals surface area (Å²) in [5, 5.41) is 1.16. The number of hydrogen-bond acceptors (Lipinski definition) is 5. The van der Waals surface area contributed by atoms with Gasteiger partial charge in [-0.25, -0.2) is 9.97 Å². The van der Waals surface area contributed by atoms with Gasteiger partial charge in [0.25, 0.3) is 0 Å². The zero-order valence-electron chi connectivity index (χ0n) is 13.0. The molecule has 1 unspecified atom stereocenters. The van der Waals surface area contributed by atoms with Crippen molar-refractivity contribution in [1.29, 1.82) is 0 Å². The van der Waals surface area contributed by atoms with Crippen LogP contribution in [0.4, 0.5) is 0 Å². The molecule has 1 fully saturated rings. The van der Waals surface area contributed by atoms with Crippen LogP contribution in [0.3, 0.4) is 0 Å². The van der Waals surface area contributed by atoms with Crippen molar-refractivity contribution in [1.82, 2.24) is 9.97 Å². The lowest BCUT2D eigenvalue weighted by Crippen LogP contribution is -2.20. The molecule has 2 aromatic heterocycles. The van der Waals surface area contributed by atoms with Gasteiger partial charge in [0.1, 0.15) is 17.3 Å². The maximum absolute atomic E-state index is 6.29. The van der Waals surface area contributed by atoms with Gasteiger partial charge in [-0.05, 0) is 44.1 Å². The molecule has 5 heteroatoms. The van der Waals surface area contributed by atoms with Gasteiger partial charge in [-0.15, -0.1) is 11.3 Å². The zero-order chi connectivity index (χ0) is 14.9. The van der Waals surface area contributed by atoms with E-state index in [9.17, 15) is 0 Å². The number of hydrogen-bond donors (Lipinski definition) is 0. The number of aryl methyl sites for hydroxylation is 1. The van der Waals surface area contributed by atoms with Crippen LogP contribution in [0.25, 0.3) is 10.2 Å². The van der Waals surface area contributed by atoms with Crippen molar-refractivity contribution < 1.29 is 9.47 Å². The average Bonchev–Trinajstić information content (AvgIpc) is 3.09. The van der Waals surface area contributed by atoms with Gasteiger partial charge < -0.3 is 9.47 Å². The molecule has 0 spiro atoms. The molecule has 118 valence electrons. The molecular formula is C17H22N2O2S. The molecule has 0 bridgehead atoms. The second kappa shape index (κ2) is 6.13. The van der Waals surface area contributed by atoms with E-state index in [4.69, 9.17) is 9.47 Å². The van der Waals surface area contributed by atoms with Crippen LogP contribution >= 0.6 is 11.3 Å². The Labute approximate surface area is 134 Å². The first-order chi connectivity index (χ1) is 10.9. The maximum atomic E-state index is 6.29. The second-order valence-electron chi connectivity index (χ2n) is 6.37. The first-order valence-electron chi connectivity index (χ1n) is 8.28. The minimum absolute atomic E-state index is 0.324. The third kappa shape index (κ3) is 2.50. The van der Waals surface area contributed by atoms with Crippen LogP contribution in [-0.2, 0) is 11.2 Å². The Kier molecular flexibility index (Phi) is 4.01. The summed E-state index contributed by atoms with van der Waals surface area (Å²) in [4.78, 5) is 11.5. The van der Waals surface area contributed by atoms with Crippen molar-refractivity contribution in [3.8, 4) is 5.88 Å². The van der Waals surface area contributed by atoms with Gasteiger partial charge in [-0.1, -0.05) is 6.42 Å². The number of aromatic nitrogens is 2. The topological polar surface area (TPSA) is 44.2 Å². The average molecular weight is 318 g/mol. The molecule has 2 aliphatic rings. The van der Waals surface area contributed by atoms with Gasteiger partial charge in [0.2, 0.25) is 5.88 Å². The fourth-order valence-corrected chi connectivity index (χ4v) is 5.07. The highest BCUT2D eigenvalue weighted by molar-refractivity contribution is 7.19. The molecule has 0 aliphatic heterocycles. The van der Waals surface area contributed by atoms with Crippen LogP contribution in [0, 0.1) is 0 Å². The summed E-state index contributed by atoms with van der Waals surface area (Å²) in [5.41, 5.74) is 1.40. The van der Waals surface area contributed by atoms with Crippen molar-refractivity contribution in [3.05, 3.63) is 16.8 Å². The Morgan fingerprint density at radius 1 is 1.18 bits per heavy atom. The summed E-state index contributed by atoms with van der Waals surface area (Å²) in [7, 11) is 1.78. The molecule has 4 nitrogen and oxygen atoms in total. The molecule has 1 saturated carbocycles. The summed E-state index contributed by atoms with van der Waals surface area (Å²) in [6, 6.07) is 0. The van der Waals surface area contributed by atoms with Gasteiger partial charge >= 0.3 is 0 Å². The van der Waals surface area contributed by atoms with Gasteiger partial charge in [-0.2, -0.15) is 0 Å². The number of fused-ring (bicyclic) bond motifs is 3. The molecule has 22 heavy (non-hydrogen) atoms. The third-order valence-corrected chi connectivity index (χ3v) is 6.07. The van der Waals surface area contributed by atoms with Crippen LogP contribution in [0.1, 0.15) is 54.9 Å². The van der Waals surface area contributed by atoms with Crippen LogP contribution in [0.15, 0.2) is 6.33 Å². The summed E-state index contributed by atoms with van der Waals surface area (Å²) in [6.07, 6.45) is 10.5. The standard InChI is InChI=1S/C17H22N2O2S/c1-20-9-11-7-8-13-14(11)15-16(18-10-19-17(15)22-13)21-12-5-3-2-4-6-12/h10-12H,2-9H2,1H3. The lowest BCUT2D eigenvalue weighted by Gasteiger charge is -2.23. The second-order valence-corrected chi connectivity index (χ2v) is 7.45. The van der Waals surface area contributed by atoms with E-state index in [1.807, 2.05) is 0 Å². The largest absolute Gasteiger partial charge is 0.474 e. The van der Waals surface area contributed by atoms with Gasteiger partial charge in [0.05, 0.1) is 12.0 Å². The fourth-order valence-electron chi connectivity index (χ4n) is 3.84. The molecule has 0 aromatic carbocycles. The van der Waals surface area contributed by atoms with Gasteiger partial charge in [0, 0.05) is 17.9 Å². The molecule has 0 radical (unpaired) electrons. The first kappa shape index (κ1) is 14.4. The van der Waals surface area contributed by atoms with Crippen LogP contribution in [0.2, 0.25) is 0 Å². The quantitative estimate of drug-likeness (QED) is 0.852. The zero-order valence-corrected chi connectivity index (χ0v) is 13.8. The molecule has 2 aliphatic carbocycles. The Balaban J connectivity index is 1.72. The first-order valence-corrected chi connectivity index (χ1v) is 9.10. The Hall–Kier alpha value is -1.20. The predicted octanol–water partition coefficient (Wildman–Crippen LogP) is 4.08. The number of methoxy groups -OCH3 is 1. The SMILES string of the molecule is COCC1CCc2sc3ncnc(OC4CCCCC4)c3c21. The number of thiophene rings is 1. The molecule has 1 atom stereocenters. The van der Waals surface area contributed by atoms with E-state index in [1.54, 1.807) is 24.8 Å². The number of ether oxygens (including phenoxy) is 2. The Morgan fingerprint density at radius 3 is 2.86 bits per heavy atom. The summed E-state index contributed by atoms with van der Waals surface area (Å²) in [5.74, 6) is 1.27. The highest BCUT2D eigenvalue weighted by Gasteiger charge is 2.30. The Bertz CT molecular complexity index is 664. The maximum Gasteiger partial charge on any atom is 0.225 e. The van der Waals surface area contributed by atoms with E-state index in [2.05, 4.69) is 9.97 Å². The van der Waals surface area contributed by atoms with E-state index in [0.717, 1.165) is 42.0 Å². The highest BCUT2D eigenvalue weighted by atomic mass is 32.1. The highest BCUT2D eigenvalue weighted by Crippen LogP contribution is 2.46. The number of rotatable bonds is 4. The molecule has 2 heterocycles. The van der Waals surface area contributed by atoms with E-state index in [1.165, 1.54) is 36.1 Å². The normalized spacial score (nSPS) is 22.1. The van der Waals surface area contributed by atoms with Crippen molar-refractivity contribution in [2.24, 2.45) is 0 Å². The summed E-state index contributed by atoms with van der Waals surface area (Å²) in [6.45, 7) is 0.774.